The first-order valence-corrected chi connectivity index (χ1v) is 5.28. The normalized spacial score (nSPS) is 11.2. The maximum absolute atomic E-state index is 11.3. The molecule has 0 atom stereocenters. The van der Waals surface area contributed by atoms with Gasteiger partial charge in [0.1, 0.15) is 0 Å². The van der Waals surface area contributed by atoms with Crippen LogP contribution in [0.1, 0.15) is 30.4 Å². The van der Waals surface area contributed by atoms with Crippen molar-refractivity contribution < 1.29 is 9.53 Å². The molecule has 0 aliphatic carbocycles. The van der Waals surface area contributed by atoms with Crippen molar-refractivity contribution in [2.45, 2.75) is 26.3 Å². The predicted molar refractivity (Wildman–Crippen MR) is 61.2 cm³/mol. The summed E-state index contributed by atoms with van der Waals surface area (Å²) >= 11 is 1.20. The number of hydrogen-bond acceptors (Lipinski definition) is 6. The van der Waals surface area contributed by atoms with Crippen molar-refractivity contribution in [1.82, 2.24) is 4.98 Å². The summed E-state index contributed by atoms with van der Waals surface area (Å²) in [4.78, 5) is 15.6. The number of nitrogens with zero attached hydrogens (tertiary/aromatic N) is 1. The van der Waals surface area contributed by atoms with Crippen molar-refractivity contribution in [3.05, 3.63) is 4.88 Å². The Bertz CT molecular complexity index is 368. The van der Waals surface area contributed by atoms with Gasteiger partial charge < -0.3 is 15.8 Å². The summed E-state index contributed by atoms with van der Waals surface area (Å²) in [5, 5.41) is 3.77. The first-order chi connectivity index (χ1) is 6.83. The van der Waals surface area contributed by atoms with Crippen LogP contribution in [-0.4, -0.2) is 23.6 Å². The number of ether oxygens (including phenoxy) is 1. The number of methoxy groups -OCH3 is 1. The Morgan fingerprint density at radius 1 is 1.53 bits per heavy atom. The molecule has 1 heterocycles. The molecule has 0 radical (unpaired) electrons. The Kier molecular flexibility index (Phi) is 3.18. The Morgan fingerprint density at radius 2 is 2.13 bits per heavy atom. The van der Waals surface area contributed by atoms with E-state index in [-0.39, 0.29) is 11.4 Å². The molecule has 0 saturated heterocycles. The highest BCUT2D eigenvalue weighted by atomic mass is 32.1. The zero-order valence-electron chi connectivity index (χ0n) is 9.25. The fourth-order valence-corrected chi connectivity index (χ4v) is 1.96. The summed E-state index contributed by atoms with van der Waals surface area (Å²) < 4.78 is 4.58. The van der Waals surface area contributed by atoms with E-state index < -0.39 is 5.97 Å². The molecule has 0 unspecified atom stereocenters. The van der Waals surface area contributed by atoms with Gasteiger partial charge in [0.25, 0.3) is 0 Å². The van der Waals surface area contributed by atoms with Crippen molar-refractivity contribution >= 4 is 28.3 Å². The molecule has 0 bridgehead atoms. The highest BCUT2D eigenvalue weighted by molar-refractivity contribution is 7.17. The van der Waals surface area contributed by atoms with Gasteiger partial charge in [-0.1, -0.05) is 11.3 Å². The summed E-state index contributed by atoms with van der Waals surface area (Å²) in [5.74, 6) is -0.245. The molecule has 15 heavy (non-hydrogen) atoms. The van der Waals surface area contributed by atoms with E-state index in [1.807, 2.05) is 20.8 Å². The van der Waals surface area contributed by atoms with Crippen LogP contribution in [0.15, 0.2) is 0 Å². The van der Waals surface area contributed by atoms with Crippen LogP contribution in [0.25, 0.3) is 0 Å². The number of thiazole rings is 1. The topological polar surface area (TPSA) is 77.2 Å². The zero-order chi connectivity index (χ0) is 11.6. The molecule has 5 nitrogen and oxygen atoms in total. The lowest BCUT2D eigenvalue weighted by atomic mass is 10.1. The summed E-state index contributed by atoms with van der Waals surface area (Å²) in [5.41, 5.74) is 5.48. The number of anilines is 2. The average molecular weight is 229 g/mol. The third-order valence-electron chi connectivity index (χ3n) is 1.51. The first kappa shape index (κ1) is 11.8. The molecule has 0 fully saturated rings. The van der Waals surface area contributed by atoms with Gasteiger partial charge in [0, 0.05) is 5.54 Å². The van der Waals surface area contributed by atoms with Crippen LogP contribution >= 0.6 is 11.3 Å². The monoisotopic (exact) mass is 229 g/mol. The molecule has 0 spiro atoms. The number of carbonyl (C=O) groups excluding carboxylic acids is 1. The molecule has 0 aliphatic heterocycles. The van der Waals surface area contributed by atoms with E-state index in [1.165, 1.54) is 18.4 Å². The molecule has 0 aliphatic rings. The summed E-state index contributed by atoms with van der Waals surface area (Å²) in [7, 11) is 1.32. The SMILES string of the molecule is COC(=O)c1sc(NC(C)(C)C)nc1N. The van der Waals surface area contributed by atoms with E-state index in [9.17, 15) is 4.79 Å². The third kappa shape index (κ3) is 3.09. The number of nitrogens with one attached hydrogen (secondary N) is 1. The maximum atomic E-state index is 11.3. The number of nitrogen functional groups attached to an aromatic ring is 1. The molecule has 1 rings (SSSR count). The fraction of sp³-hybridized carbons (Fsp3) is 0.556. The van der Waals surface area contributed by atoms with Gasteiger partial charge in [-0.05, 0) is 20.8 Å². The van der Waals surface area contributed by atoms with Crippen LogP contribution in [0.3, 0.4) is 0 Å². The minimum absolute atomic E-state index is 0.113. The van der Waals surface area contributed by atoms with Crippen molar-refractivity contribution in [1.29, 1.82) is 0 Å². The van der Waals surface area contributed by atoms with Gasteiger partial charge in [0.05, 0.1) is 7.11 Å². The highest BCUT2D eigenvalue weighted by Gasteiger charge is 2.19. The average Bonchev–Trinajstić information content (AvgIpc) is 2.42. The standard InChI is InChI=1S/C9H15N3O2S/c1-9(2,3)12-8-11-6(10)5(15-8)7(13)14-4/h10H2,1-4H3,(H,11,12). The van der Waals surface area contributed by atoms with E-state index in [2.05, 4.69) is 15.0 Å². The first-order valence-electron chi connectivity index (χ1n) is 4.46. The van der Waals surface area contributed by atoms with Gasteiger partial charge >= 0.3 is 5.97 Å². The molecule has 84 valence electrons. The summed E-state index contributed by atoms with van der Waals surface area (Å²) in [6.07, 6.45) is 0. The van der Waals surface area contributed by atoms with Crippen LogP contribution in [-0.2, 0) is 4.74 Å². The maximum Gasteiger partial charge on any atom is 0.351 e. The van der Waals surface area contributed by atoms with Crippen LogP contribution in [0, 0.1) is 0 Å². The Labute approximate surface area is 92.6 Å². The lowest BCUT2D eigenvalue weighted by molar-refractivity contribution is 0.0607. The second-order valence-electron chi connectivity index (χ2n) is 4.10. The summed E-state index contributed by atoms with van der Waals surface area (Å²) in [6.45, 7) is 6.01. The number of rotatable bonds is 2. The number of hydrogen-bond donors (Lipinski definition) is 2. The van der Waals surface area contributed by atoms with Crippen molar-refractivity contribution in [3.63, 3.8) is 0 Å². The molecular weight excluding hydrogens is 214 g/mol. The van der Waals surface area contributed by atoms with Gasteiger partial charge in [0.15, 0.2) is 15.8 Å². The second kappa shape index (κ2) is 4.06. The van der Waals surface area contributed by atoms with Gasteiger partial charge in [-0.15, -0.1) is 0 Å². The van der Waals surface area contributed by atoms with Crippen LogP contribution < -0.4 is 11.1 Å². The molecule has 0 amide bonds. The Morgan fingerprint density at radius 3 is 2.60 bits per heavy atom. The number of aromatic nitrogens is 1. The van der Waals surface area contributed by atoms with E-state index in [0.29, 0.717) is 10.0 Å². The zero-order valence-corrected chi connectivity index (χ0v) is 10.1. The predicted octanol–water partition coefficient (Wildman–Crippen LogP) is 1.72. The van der Waals surface area contributed by atoms with Crippen LogP contribution in [0.5, 0.6) is 0 Å². The minimum Gasteiger partial charge on any atom is -0.465 e. The molecule has 0 aromatic carbocycles. The van der Waals surface area contributed by atoms with Gasteiger partial charge in [-0.3, -0.25) is 0 Å². The van der Waals surface area contributed by atoms with Gasteiger partial charge in [-0.2, -0.15) is 0 Å². The number of carbonyl (C=O) groups is 1. The fourth-order valence-electron chi connectivity index (χ4n) is 0.945. The molecule has 6 heteroatoms. The molecule has 1 aromatic heterocycles. The largest absolute Gasteiger partial charge is 0.465 e. The Hall–Kier alpha value is -1.30. The second-order valence-corrected chi connectivity index (χ2v) is 5.10. The smallest absolute Gasteiger partial charge is 0.351 e. The van der Waals surface area contributed by atoms with E-state index >= 15 is 0 Å². The van der Waals surface area contributed by atoms with E-state index in [0.717, 1.165) is 0 Å². The van der Waals surface area contributed by atoms with Crippen molar-refractivity contribution in [3.8, 4) is 0 Å². The lowest BCUT2D eigenvalue weighted by Gasteiger charge is -2.19. The quantitative estimate of drug-likeness (QED) is 0.755. The number of esters is 1. The van der Waals surface area contributed by atoms with E-state index in [1.54, 1.807) is 0 Å². The Balaban J connectivity index is 2.91. The van der Waals surface area contributed by atoms with Gasteiger partial charge in [0.2, 0.25) is 0 Å². The lowest BCUT2D eigenvalue weighted by Crippen LogP contribution is -2.25. The number of nitrogens with two attached hydrogens (primary N) is 1. The molecule has 3 N–H and O–H groups in total. The third-order valence-corrected chi connectivity index (χ3v) is 2.47. The molecular formula is C9H15N3O2S. The van der Waals surface area contributed by atoms with Crippen LogP contribution in [0.2, 0.25) is 0 Å². The van der Waals surface area contributed by atoms with Crippen LogP contribution in [0.4, 0.5) is 10.9 Å². The minimum atomic E-state index is -0.452. The van der Waals surface area contributed by atoms with Crippen molar-refractivity contribution in [2.75, 3.05) is 18.2 Å². The summed E-state index contributed by atoms with van der Waals surface area (Å²) in [6, 6.07) is 0. The van der Waals surface area contributed by atoms with Gasteiger partial charge in [-0.25, -0.2) is 9.78 Å². The van der Waals surface area contributed by atoms with Crippen molar-refractivity contribution in [2.24, 2.45) is 0 Å². The van der Waals surface area contributed by atoms with E-state index in [4.69, 9.17) is 5.73 Å². The highest BCUT2D eigenvalue weighted by Crippen LogP contribution is 2.27. The molecule has 1 aromatic rings. The molecule has 0 saturated carbocycles.